The van der Waals surface area contributed by atoms with Gasteiger partial charge in [0.1, 0.15) is 0 Å². The fourth-order valence-electron chi connectivity index (χ4n) is 3.06. The molecule has 0 radical (unpaired) electrons. The maximum absolute atomic E-state index is 11.9. The van der Waals surface area contributed by atoms with Crippen molar-refractivity contribution in [3.05, 3.63) is 35.9 Å². The largest absolute Gasteiger partial charge is 0.355 e. The molecule has 1 aromatic rings. The molecule has 0 saturated carbocycles. The summed E-state index contributed by atoms with van der Waals surface area (Å²) in [7, 11) is 1.92. The Labute approximate surface area is 134 Å². The molecular weight excluding hydrogens is 274 g/mol. The fraction of sp³-hybridized carbons (Fsp3) is 0.611. The first-order valence-electron chi connectivity index (χ1n) is 8.49. The second kappa shape index (κ2) is 9.59. The van der Waals surface area contributed by atoms with Gasteiger partial charge in [-0.25, -0.2) is 0 Å². The molecule has 1 aliphatic rings. The monoisotopic (exact) mass is 303 g/mol. The third kappa shape index (κ3) is 5.78. The van der Waals surface area contributed by atoms with Crippen molar-refractivity contribution in [2.75, 3.05) is 26.7 Å². The van der Waals surface area contributed by atoms with Crippen LogP contribution in [-0.2, 0) is 11.3 Å². The molecule has 1 heterocycles. The molecule has 122 valence electrons. The Morgan fingerprint density at radius 1 is 1.27 bits per heavy atom. The zero-order valence-electron chi connectivity index (χ0n) is 13.7. The van der Waals surface area contributed by atoms with Crippen LogP contribution in [0.1, 0.15) is 37.7 Å². The number of carbonyl (C=O) groups is 1. The smallest absolute Gasteiger partial charge is 0.220 e. The second-order valence-electron chi connectivity index (χ2n) is 6.12. The summed E-state index contributed by atoms with van der Waals surface area (Å²) in [5.74, 6) is 0.181. The number of hydrogen-bond acceptors (Lipinski definition) is 3. The SMILES string of the molecule is CNCCCC(=O)NCC1CCCCN1Cc1ccccc1. The van der Waals surface area contributed by atoms with Crippen LogP contribution in [0.3, 0.4) is 0 Å². The zero-order chi connectivity index (χ0) is 15.6. The van der Waals surface area contributed by atoms with Gasteiger partial charge in [-0.15, -0.1) is 0 Å². The minimum absolute atomic E-state index is 0.181. The predicted octanol–water partition coefficient (Wildman–Crippen LogP) is 2.16. The summed E-state index contributed by atoms with van der Waals surface area (Å²) in [5.41, 5.74) is 1.36. The number of nitrogens with one attached hydrogen (secondary N) is 2. The average Bonchev–Trinajstić information content (AvgIpc) is 2.55. The summed E-state index contributed by atoms with van der Waals surface area (Å²) in [6.45, 7) is 3.80. The minimum atomic E-state index is 0.181. The average molecular weight is 303 g/mol. The summed E-state index contributed by atoms with van der Waals surface area (Å²) >= 11 is 0. The molecule has 1 atom stereocenters. The summed E-state index contributed by atoms with van der Waals surface area (Å²) in [6, 6.07) is 11.1. The van der Waals surface area contributed by atoms with Crippen molar-refractivity contribution in [2.24, 2.45) is 0 Å². The number of benzene rings is 1. The van der Waals surface area contributed by atoms with Crippen LogP contribution in [0, 0.1) is 0 Å². The molecule has 1 unspecified atom stereocenters. The minimum Gasteiger partial charge on any atom is -0.355 e. The van der Waals surface area contributed by atoms with Crippen LogP contribution in [0.4, 0.5) is 0 Å². The van der Waals surface area contributed by atoms with Crippen molar-refractivity contribution in [1.29, 1.82) is 0 Å². The van der Waals surface area contributed by atoms with E-state index in [1.807, 2.05) is 7.05 Å². The van der Waals surface area contributed by atoms with E-state index >= 15 is 0 Å². The van der Waals surface area contributed by atoms with Gasteiger partial charge in [0.2, 0.25) is 5.91 Å². The van der Waals surface area contributed by atoms with Gasteiger partial charge in [0.15, 0.2) is 0 Å². The molecule has 1 aliphatic heterocycles. The summed E-state index contributed by atoms with van der Waals surface area (Å²) in [4.78, 5) is 14.4. The first-order chi connectivity index (χ1) is 10.8. The van der Waals surface area contributed by atoms with E-state index in [0.29, 0.717) is 12.5 Å². The molecule has 2 rings (SSSR count). The predicted molar refractivity (Wildman–Crippen MR) is 90.7 cm³/mol. The second-order valence-corrected chi connectivity index (χ2v) is 6.12. The number of piperidine rings is 1. The number of hydrogen-bond donors (Lipinski definition) is 2. The van der Waals surface area contributed by atoms with E-state index in [2.05, 4.69) is 45.9 Å². The van der Waals surface area contributed by atoms with Gasteiger partial charge in [0.05, 0.1) is 0 Å². The van der Waals surface area contributed by atoms with Crippen LogP contribution in [0.15, 0.2) is 30.3 Å². The Morgan fingerprint density at radius 2 is 2.09 bits per heavy atom. The van der Waals surface area contributed by atoms with E-state index in [9.17, 15) is 4.79 Å². The maximum Gasteiger partial charge on any atom is 0.220 e. The maximum atomic E-state index is 11.9. The first kappa shape index (κ1) is 17.0. The number of rotatable bonds is 8. The number of likely N-dealkylation sites (tertiary alicyclic amines) is 1. The number of carbonyl (C=O) groups excluding carboxylic acids is 1. The van der Waals surface area contributed by atoms with Gasteiger partial charge in [-0.1, -0.05) is 36.8 Å². The molecule has 1 amide bonds. The van der Waals surface area contributed by atoms with E-state index in [0.717, 1.165) is 32.6 Å². The van der Waals surface area contributed by atoms with Gasteiger partial charge in [-0.2, -0.15) is 0 Å². The van der Waals surface area contributed by atoms with Crippen LogP contribution in [0.2, 0.25) is 0 Å². The molecule has 0 bridgehead atoms. The van der Waals surface area contributed by atoms with Gasteiger partial charge < -0.3 is 10.6 Å². The van der Waals surface area contributed by atoms with E-state index in [-0.39, 0.29) is 5.91 Å². The molecule has 1 fully saturated rings. The zero-order valence-corrected chi connectivity index (χ0v) is 13.7. The highest BCUT2D eigenvalue weighted by Gasteiger charge is 2.22. The number of amides is 1. The molecule has 4 nitrogen and oxygen atoms in total. The van der Waals surface area contributed by atoms with Gasteiger partial charge in [-0.3, -0.25) is 9.69 Å². The van der Waals surface area contributed by atoms with Gasteiger partial charge in [-0.05, 0) is 45.0 Å². The van der Waals surface area contributed by atoms with E-state index < -0.39 is 0 Å². The Bertz CT molecular complexity index is 435. The lowest BCUT2D eigenvalue weighted by Gasteiger charge is -2.36. The van der Waals surface area contributed by atoms with Crippen molar-refractivity contribution in [3.63, 3.8) is 0 Å². The van der Waals surface area contributed by atoms with Gasteiger partial charge in [0, 0.05) is 25.6 Å². The quantitative estimate of drug-likeness (QED) is 0.723. The topological polar surface area (TPSA) is 44.4 Å². The van der Waals surface area contributed by atoms with Crippen LogP contribution in [0.25, 0.3) is 0 Å². The lowest BCUT2D eigenvalue weighted by molar-refractivity contribution is -0.121. The lowest BCUT2D eigenvalue weighted by atomic mass is 10.0. The summed E-state index contributed by atoms with van der Waals surface area (Å²) in [5, 5.41) is 6.19. The van der Waals surface area contributed by atoms with Crippen molar-refractivity contribution in [3.8, 4) is 0 Å². The lowest BCUT2D eigenvalue weighted by Crippen LogP contribution is -2.46. The van der Waals surface area contributed by atoms with Crippen LogP contribution >= 0.6 is 0 Å². The first-order valence-corrected chi connectivity index (χ1v) is 8.49. The molecule has 0 spiro atoms. The third-order valence-corrected chi connectivity index (χ3v) is 4.34. The highest BCUT2D eigenvalue weighted by Crippen LogP contribution is 2.19. The van der Waals surface area contributed by atoms with Gasteiger partial charge >= 0.3 is 0 Å². The Kier molecular flexibility index (Phi) is 7.40. The fourth-order valence-corrected chi connectivity index (χ4v) is 3.06. The molecular formula is C18H29N3O. The number of nitrogens with zero attached hydrogens (tertiary/aromatic N) is 1. The van der Waals surface area contributed by atoms with E-state index in [1.54, 1.807) is 0 Å². The van der Waals surface area contributed by atoms with Gasteiger partial charge in [0.25, 0.3) is 0 Å². The molecule has 1 saturated heterocycles. The standard InChI is InChI=1S/C18H29N3O/c1-19-12-7-11-18(22)20-14-17-10-5-6-13-21(17)15-16-8-3-2-4-9-16/h2-4,8-9,17,19H,5-7,10-15H2,1H3,(H,20,22). The highest BCUT2D eigenvalue weighted by molar-refractivity contribution is 5.75. The van der Waals surface area contributed by atoms with Crippen LogP contribution < -0.4 is 10.6 Å². The van der Waals surface area contributed by atoms with Crippen LogP contribution in [0.5, 0.6) is 0 Å². The molecule has 0 aliphatic carbocycles. The van der Waals surface area contributed by atoms with Crippen molar-refractivity contribution in [1.82, 2.24) is 15.5 Å². The van der Waals surface area contributed by atoms with E-state index in [1.165, 1.54) is 24.8 Å². The molecule has 0 aromatic heterocycles. The van der Waals surface area contributed by atoms with Crippen molar-refractivity contribution < 1.29 is 4.79 Å². The van der Waals surface area contributed by atoms with E-state index in [4.69, 9.17) is 0 Å². The highest BCUT2D eigenvalue weighted by atomic mass is 16.1. The van der Waals surface area contributed by atoms with Crippen molar-refractivity contribution in [2.45, 2.75) is 44.7 Å². The molecule has 2 N–H and O–H groups in total. The van der Waals surface area contributed by atoms with Crippen molar-refractivity contribution >= 4 is 5.91 Å². The molecule has 4 heteroatoms. The Balaban J connectivity index is 1.78. The summed E-state index contributed by atoms with van der Waals surface area (Å²) in [6.07, 6.45) is 5.24. The third-order valence-electron chi connectivity index (χ3n) is 4.34. The molecule has 1 aromatic carbocycles. The summed E-state index contributed by atoms with van der Waals surface area (Å²) < 4.78 is 0. The Morgan fingerprint density at radius 3 is 2.86 bits per heavy atom. The normalized spacial score (nSPS) is 19.0. The Hall–Kier alpha value is -1.39. The molecule has 22 heavy (non-hydrogen) atoms. The van der Waals surface area contributed by atoms with Crippen LogP contribution in [-0.4, -0.2) is 43.5 Å².